The molecule has 1 aromatic rings. The summed E-state index contributed by atoms with van der Waals surface area (Å²) in [5, 5.41) is 8.73. The van der Waals surface area contributed by atoms with Gasteiger partial charge in [0.25, 0.3) is 0 Å². The number of carboxylic acid groups (broad SMARTS) is 1. The first-order chi connectivity index (χ1) is 5.52. The van der Waals surface area contributed by atoms with Gasteiger partial charge in [-0.25, -0.2) is 0 Å². The van der Waals surface area contributed by atoms with Crippen LogP contribution in [0.15, 0.2) is 12.3 Å². The van der Waals surface area contributed by atoms with Crippen LogP contribution in [0, 0.1) is 6.92 Å². The van der Waals surface area contributed by atoms with E-state index < -0.39 is 11.9 Å². The molecule has 3 heteroatoms. The van der Waals surface area contributed by atoms with Crippen molar-refractivity contribution in [2.45, 2.75) is 19.8 Å². The molecule has 0 amide bonds. The Kier molecular flexibility index (Phi) is 2.22. The van der Waals surface area contributed by atoms with Gasteiger partial charge in [0.2, 0.25) is 0 Å². The van der Waals surface area contributed by atoms with Crippen LogP contribution in [0.25, 0.3) is 0 Å². The minimum atomic E-state index is -0.777. The molecule has 3 nitrogen and oxygen atoms in total. The van der Waals surface area contributed by atoms with Crippen LogP contribution in [0.1, 0.15) is 24.1 Å². The van der Waals surface area contributed by atoms with E-state index in [1.54, 1.807) is 6.92 Å². The van der Waals surface area contributed by atoms with Gasteiger partial charge in [-0.15, -0.1) is 0 Å². The van der Waals surface area contributed by atoms with Gasteiger partial charge < -0.3 is 9.67 Å². The van der Waals surface area contributed by atoms with E-state index in [0.717, 1.165) is 11.3 Å². The third-order valence-corrected chi connectivity index (χ3v) is 2.15. The standard InChI is InChI=1S/C9H13NO2/c1-6-4-8(5-10(6)3)7(2)9(11)12/h4-5,7H,1-3H3,(H,11,12). The lowest BCUT2D eigenvalue weighted by molar-refractivity contribution is -0.138. The highest BCUT2D eigenvalue weighted by atomic mass is 16.4. The largest absolute Gasteiger partial charge is 0.481 e. The molecule has 0 fully saturated rings. The minimum absolute atomic E-state index is 0.412. The summed E-state index contributed by atoms with van der Waals surface area (Å²) in [7, 11) is 1.91. The van der Waals surface area contributed by atoms with E-state index >= 15 is 0 Å². The third kappa shape index (κ3) is 1.49. The zero-order chi connectivity index (χ0) is 9.30. The molecule has 0 radical (unpaired) electrons. The molecule has 1 heterocycles. The summed E-state index contributed by atoms with van der Waals surface area (Å²) < 4.78 is 1.93. The maximum Gasteiger partial charge on any atom is 0.310 e. The summed E-state index contributed by atoms with van der Waals surface area (Å²) >= 11 is 0. The molecule has 0 aliphatic heterocycles. The Morgan fingerprint density at radius 2 is 2.25 bits per heavy atom. The molecule has 0 aliphatic carbocycles. The van der Waals surface area contributed by atoms with E-state index in [2.05, 4.69) is 0 Å². The maximum absolute atomic E-state index is 10.6. The molecular formula is C9H13NO2. The summed E-state index contributed by atoms with van der Waals surface area (Å²) in [4.78, 5) is 10.6. The maximum atomic E-state index is 10.6. The average molecular weight is 167 g/mol. The molecule has 0 spiro atoms. The van der Waals surface area contributed by atoms with Crippen molar-refractivity contribution in [1.82, 2.24) is 4.57 Å². The molecule has 1 atom stereocenters. The molecule has 0 bridgehead atoms. The second-order valence-corrected chi connectivity index (χ2v) is 3.09. The molecule has 0 saturated heterocycles. The van der Waals surface area contributed by atoms with Crippen LogP contribution in [-0.2, 0) is 11.8 Å². The van der Waals surface area contributed by atoms with Gasteiger partial charge in [0, 0.05) is 18.9 Å². The first-order valence-corrected chi connectivity index (χ1v) is 3.88. The molecule has 0 aliphatic rings. The van der Waals surface area contributed by atoms with Crippen LogP contribution in [0.4, 0.5) is 0 Å². The molecule has 1 N–H and O–H groups in total. The highest BCUT2D eigenvalue weighted by Crippen LogP contribution is 2.17. The molecular weight excluding hydrogens is 154 g/mol. The number of hydrogen-bond donors (Lipinski definition) is 1. The summed E-state index contributed by atoms with van der Waals surface area (Å²) in [6, 6.07) is 1.90. The number of hydrogen-bond acceptors (Lipinski definition) is 1. The summed E-state index contributed by atoms with van der Waals surface area (Å²) in [6.07, 6.45) is 1.86. The molecule has 0 saturated carbocycles. The van der Waals surface area contributed by atoms with Gasteiger partial charge in [-0.2, -0.15) is 0 Å². The van der Waals surface area contributed by atoms with Gasteiger partial charge in [0.15, 0.2) is 0 Å². The fourth-order valence-electron chi connectivity index (χ4n) is 1.09. The Bertz CT molecular complexity index is 282. The number of aryl methyl sites for hydroxylation is 2. The van der Waals surface area contributed by atoms with Crippen molar-refractivity contribution in [2.75, 3.05) is 0 Å². The fraction of sp³-hybridized carbons (Fsp3) is 0.444. The zero-order valence-electron chi connectivity index (χ0n) is 7.53. The number of aliphatic carboxylic acids is 1. The molecule has 12 heavy (non-hydrogen) atoms. The van der Waals surface area contributed by atoms with Gasteiger partial charge in [0.1, 0.15) is 0 Å². The van der Waals surface area contributed by atoms with Crippen molar-refractivity contribution in [3.05, 3.63) is 23.5 Å². The third-order valence-electron chi connectivity index (χ3n) is 2.15. The lowest BCUT2D eigenvalue weighted by Crippen LogP contribution is -2.06. The lowest BCUT2D eigenvalue weighted by Gasteiger charge is -2.00. The summed E-state index contributed by atoms with van der Waals surface area (Å²) in [6.45, 7) is 3.65. The molecule has 1 unspecified atom stereocenters. The average Bonchev–Trinajstić information content (AvgIpc) is 2.30. The monoisotopic (exact) mass is 167 g/mol. The Morgan fingerprint density at radius 1 is 1.67 bits per heavy atom. The van der Waals surface area contributed by atoms with Crippen LogP contribution in [0.5, 0.6) is 0 Å². The Labute approximate surface area is 71.6 Å². The predicted molar refractivity (Wildman–Crippen MR) is 46.2 cm³/mol. The molecule has 0 aromatic carbocycles. The van der Waals surface area contributed by atoms with Crippen LogP contribution in [0.2, 0.25) is 0 Å². The smallest absolute Gasteiger partial charge is 0.310 e. The van der Waals surface area contributed by atoms with Crippen molar-refractivity contribution in [1.29, 1.82) is 0 Å². The SMILES string of the molecule is Cc1cc(C(C)C(=O)O)cn1C. The fourth-order valence-corrected chi connectivity index (χ4v) is 1.09. The van der Waals surface area contributed by atoms with Crippen molar-refractivity contribution >= 4 is 5.97 Å². The first kappa shape index (κ1) is 8.84. The summed E-state index contributed by atoms with van der Waals surface area (Å²) in [5.41, 5.74) is 1.95. The van der Waals surface area contributed by atoms with Crippen LogP contribution >= 0.6 is 0 Å². The van der Waals surface area contributed by atoms with Crippen molar-refractivity contribution in [3.8, 4) is 0 Å². The Hall–Kier alpha value is -1.25. The van der Waals surface area contributed by atoms with Crippen molar-refractivity contribution < 1.29 is 9.90 Å². The second kappa shape index (κ2) is 3.01. The molecule has 66 valence electrons. The van der Waals surface area contributed by atoms with Crippen molar-refractivity contribution in [2.24, 2.45) is 7.05 Å². The quantitative estimate of drug-likeness (QED) is 0.725. The van der Waals surface area contributed by atoms with Gasteiger partial charge in [-0.05, 0) is 25.5 Å². The van der Waals surface area contributed by atoms with Crippen LogP contribution in [0.3, 0.4) is 0 Å². The van der Waals surface area contributed by atoms with Gasteiger partial charge >= 0.3 is 5.97 Å². The number of rotatable bonds is 2. The van der Waals surface area contributed by atoms with Crippen LogP contribution < -0.4 is 0 Å². The number of aromatic nitrogens is 1. The normalized spacial score (nSPS) is 12.9. The zero-order valence-corrected chi connectivity index (χ0v) is 7.53. The van der Waals surface area contributed by atoms with E-state index in [1.165, 1.54) is 0 Å². The Morgan fingerprint density at radius 3 is 2.58 bits per heavy atom. The van der Waals surface area contributed by atoms with E-state index in [9.17, 15) is 4.79 Å². The first-order valence-electron chi connectivity index (χ1n) is 3.88. The van der Waals surface area contributed by atoms with Gasteiger partial charge in [-0.3, -0.25) is 4.79 Å². The number of carboxylic acids is 1. The van der Waals surface area contributed by atoms with E-state index in [-0.39, 0.29) is 0 Å². The second-order valence-electron chi connectivity index (χ2n) is 3.09. The molecule has 1 aromatic heterocycles. The minimum Gasteiger partial charge on any atom is -0.481 e. The Balaban J connectivity index is 2.96. The predicted octanol–water partition coefficient (Wildman–Crippen LogP) is 1.52. The topological polar surface area (TPSA) is 42.2 Å². The van der Waals surface area contributed by atoms with E-state index in [0.29, 0.717) is 0 Å². The lowest BCUT2D eigenvalue weighted by atomic mass is 10.1. The van der Waals surface area contributed by atoms with Crippen molar-refractivity contribution in [3.63, 3.8) is 0 Å². The molecule has 1 rings (SSSR count). The van der Waals surface area contributed by atoms with Crippen LogP contribution in [-0.4, -0.2) is 15.6 Å². The number of nitrogens with zero attached hydrogens (tertiary/aromatic N) is 1. The van der Waals surface area contributed by atoms with Gasteiger partial charge in [0.05, 0.1) is 5.92 Å². The van der Waals surface area contributed by atoms with E-state index in [1.807, 2.05) is 30.8 Å². The summed E-state index contributed by atoms with van der Waals surface area (Å²) in [5.74, 6) is -1.19. The highest BCUT2D eigenvalue weighted by molar-refractivity contribution is 5.75. The number of carbonyl (C=O) groups is 1. The van der Waals surface area contributed by atoms with Gasteiger partial charge in [-0.1, -0.05) is 0 Å². The van der Waals surface area contributed by atoms with E-state index in [4.69, 9.17) is 5.11 Å². The highest BCUT2D eigenvalue weighted by Gasteiger charge is 2.14.